The Morgan fingerprint density at radius 2 is 1.91 bits per heavy atom. The van der Waals surface area contributed by atoms with E-state index >= 15 is 0 Å². The number of aromatic hydroxyl groups is 1. The quantitative estimate of drug-likeness (QED) is 0.419. The minimum Gasteiger partial charge on any atom is -0.507 e. The monoisotopic (exact) mass is 597 g/mol. The lowest BCUT2D eigenvalue weighted by molar-refractivity contribution is -0.150. The van der Waals surface area contributed by atoms with E-state index in [9.17, 15) is 24.3 Å². The molecule has 0 saturated carbocycles. The highest BCUT2D eigenvalue weighted by molar-refractivity contribution is 5.96. The number of carbonyl (C=O) groups is 4. The second-order valence-electron chi connectivity index (χ2n) is 12.7. The lowest BCUT2D eigenvalue weighted by Crippen LogP contribution is -2.60. The first-order valence-corrected chi connectivity index (χ1v) is 15.5. The molecule has 2 bridgehead atoms. The molecule has 3 heterocycles. The number of benzene rings is 1. The number of fused-ring (bicyclic) bond motifs is 4. The highest BCUT2D eigenvalue weighted by atomic mass is 16.5. The summed E-state index contributed by atoms with van der Waals surface area (Å²) in [7, 11) is 3.72. The first kappa shape index (κ1) is 32.3. The molecule has 0 unspecified atom stereocenters. The Balaban J connectivity index is 1.69. The summed E-state index contributed by atoms with van der Waals surface area (Å²) >= 11 is 0. The van der Waals surface area contributed by atoms with E-state index in [-0.39, 0.29) is 47.8 Å². The van der Waals surface area contributed by atoms with Gasteiger partial charge in [-0.05, 0) is 69.5 Å². The van der Waals surface area contributed by atoms with Crippen LogP contribution in [0.4, 0.5) is 0 Å². The summed E-state index contributed by atoms with van der Waals surface area (Å²) in [4.78, 5) is 60.2. The van der Waals surface area contributed by atoms with Gasteiger partial charge in [-0.3, -0.25) is 24.1 Å². The summed E-state index contributed by atoms with van der Waals surface area (Å²) in [5.41, 5.74) is 0.450. The summed E-state index contributed by atoms with van der Waals surface area (Å²) in [6, 6.07) is 1.87. The van der Waals surface area contributed by atoms with Gasteiger partial charge < -0.3 is 30.3 Å². The molecule has 11 nitrogen and oxygen atoms in total. The van der Waals surface area contributed by atoms with Gasteiger partial charge in [-0.1, -0.05) is 34.1 Å². The minimum absolute atomic E-state index is 0.0201. The Hall–Kier alpha value is -3.60. The van der Waals surface area contributed by atoms with Gasteiger partial charge >= 0.3 is 0 Å². The molecule has 43 heavy (non-hydrogen) atoms. The van der Waals surface area contributed by atoms with E-state index in [1.165, 1.54) is 12.3 Å². The number of phenols is 1. The number of hydrogen-bond donors (Lipinski definition) is 3. The van der Waals surface area contributed by atoms with Gasteiger partial charge in [-0.15, -0.1) is 0 Å². The number of hydrogen-bond acceptors (Lipinski definition) is 7. The maximum Gasteiger partial charge on any atom is 0.249 e. The molecule has 236 valence electrons. The molecule has 1 aromatic rings. The van der Waals surface area contributed by atoms with E-state index < -0.39 is 30.3 Å². The topological polar surface area (TPSA) is 132 Å². The maximum absolute atomic E-state index is 14.3. The van der Waals surface area contributed by atoms with Crippen LogP contribution in [0.1, 0.15) is 65.4 Å². The lowest BCUT2D eigenvalue weighted by atomic mass is 9.96. The Bertz CT molecular complexity index is 1230. The molecular weight excluding hydrogens is 550 g/mol. The van der Waals surface area contributed by atoms with Crippen molar-refractivity contribution in [2.24, 2.45) is 11.8 Å². The Kier molecular flexibility index (Phi) is 10.4. The molecule has 4 rings (SSSR count). The van der Waals surface area contributed by atoms with E-state index in [1.54, 1.807) is 28.0 Å². The van der Waals surface area contributed by atoms with Crippen LogP contribution in [0.2, 0.25) is 0 Å². The Morgan fingerprint density at radius 3 is 2.58 bits per heavy atom. The number of ether oxygens (including phenoxy) is 1. The van der Waals surface area contributed by atoms with Crippen LogP contribution >= 0.6 is 0 Å². The summed E-state index contributed by atoms with van der Waals surface area (Å²) in [5.74, 6) is -0.562. The number of nitrogens with zero attached hydrogens (tertiary/aromatic N) is 3. The van der Waals surface area contributed by atoms with E-state index in [4.69, 9.17) is 4.74 Å². The smallest absolute Gasteiger partial charge is 0.249 e. The van der Waals surface area contributed by atoms with Gasteiger partial charge in [0.15, 0.2) is 0 Å². The fraction of sp³-hybridized carbons (Fsp3) is 0.625. The largest absolute Gasteiger partial charge is 0.507 e. The molecule has 0 aromatic heterocycles. The molecular formula is C32H47N5O6. The van der Waals surface area contributed by atoms with Gasteiger partial charge in [0.1, 0.15) is 35.7 Å². The number of carbonyl (C=O) groups excluding carboxylic acids is 4. The van der Waals surface area contributed by atoms with E-state index in [2.05, 4.69) is 10.6 Å². The van der Waals surface area contributed by atoms with Crippen LogP contribution in [0.3, 0.4) is 0 Å². The standard InChI is InChI=1S/C32H47N5O6/c1-7-20(4)27(35(5)6)30(40)34-23(17-19(2)3)31(41)37-16-13-26-28(37)32(42)36-15-8-9-24(36)29(39)33-14-12-21-18-22(43-26)10-11-25(21)38/h10-12,14,18-20,23-24,26-28,38H,7-9,13,15-17H2,1-6H3,(H,33,39)(H,34,40)/t20-,23+,24+,26+,27-,28+/m0/s1. The molecule has 3 aliphatic rings. The number of nitrogens with one attached hydrogen (secondary N) is 2. The molecule has 1 aromatic carbocycles. The van der Waals surface area contributed by atoms with Crippen LogP contribution in [-0.4, -0.2) is 101 Å². The zero-order valence-corrected chi connectivity index (χ0v) is 26.2. The van der Waals surface area contributed by atoms with E-state index in [1.807, 2.05) is 46.7 Å². The molecule has 0 radical (unpaired) electrons. The van der Waals surface area contributed by atoms with Crippen LogP contribution in [-0.2, 0) is 19.2 Å². The van der Waals surface area contributed by atoms with Crippen LogP contribution < -0.4 is 15.4 Å². The second-order valence-corrected chi connectivity index (χ2v) is 12.7. The zero-order valence-electron chi connectivity index (χ0n) is 26.2. The second kappa shape index (κ2) is 13.8. The maximum atomic E-state index is 14.3. The van der Waals surface area contributed by atoms with Gasteiger partial charge in [-0.25, -0.2) is 0 Å². The fourth-order valence-electron chi connectivity index (χ4n) is 6.50. The molecule has 11 heteroatoms. The van der Waals surface area contributed by atoms with E-state index in [0.717, 1.165) is 6.42 Å². The SMILES string of the molecule is CC[C@H](C)[C@@H](C(=O)N[C@H](CC(C)C)C(=O)N1CC[C@H]2Oc3ccc(O)c(c3)C=CNC(=O)[C@H]3CCCN3C(=O)[C@@H]21)N(C)C. The highest BCUT2D eigenvalue weighted by Gasteiger charge is 2.49. The molecule has 0 spiro atoms. The van der Waals surface area contributed by atoms with Crippen molar-refractivity contribution in [1.29, 1.82) is 0 Å². The van der Waals surface area contributed by atoms with Crippen molar-refractivity contribution in [2.75, 3.05) is 27.2 Å². The van der Waals surface area contributed by atoms with Crippen molar-refractivity contribution >= 4 is 29.7 Å². The van der Waals surface area contributed by atoms with Crippen molar-refractivity contribution < 1.29 is 29.0 Å². The lowest BCUT2D eigenvalue weighted by Gasteiger charge is -2.36. The molecule has 4 amide bonds. The van der Waals surface area contributed by atoms with Gasteiger partial charge in [0.2, 0.25) is 23.6 Å². The van der Waals surface area contributed by atoms with Crippen molar-refractivity contribution in [3.8, 4) is 11.5 Å². The van der Waals surface area contributed by atoms with Gasteiger partial charge in [0.25, 0.3) is 0 Å². The number of likely N-dealkylation sites (N-methyl/N-ethyl adjacent to an activating group) is 1. The fourth-order valence-corrected chi connectivity index (χ4v) is 6.50. The Labute approximate surface area is 254 Å². The number of phenolic OH excluding ortho intramolecular Hbond substituents is 1. The van der Waals surface area contributed by atoms with Gasteiger partial charge in [0, 0.05) is 31.3 Å². The van der Waals surface area contributed by atoms with Crippen molar-refractivity contribution in [3.05, 3.63) is 30.0 Å². The summed E-state index contributed by atoms with van der Waals surface area (Å²) in [5, 5.41) is 16.1. The third-order valence-corrected chi connectivity index (χ3v) is 8.82. The molecule has 2 fully saturated rings. The highest BCUT2D eigenvalue weighted by Crippen LogP contribution is 2.32. The number of likely N-dealkylation sites (tertiary alicyclic amines) is 1. The number of amides is 4. The first-order chi connectivity index (χ1) is 20.4. The molecule has 0 aliphatic carbocycles. The third kappa shape index (κ3) is 7.14. The number of rotatable bonds is 8. The average molecular weight is 598 g/mol. The summed E-state index contributed by atoms with van der Waals surface area (Å²) < 4.78 is 6.35. The molecule has 2 saturated heterocycles. The van der Waals surface area contributed by atoms with Crippen LogP contribution in [0.25, 0.3) is 6.08 Å². The van der Waals surface area contributed by atoms with Gasteiger partial charge in [0.05, 0.1) is 6.04 Å². The van der Waals surface area contributed by atoms with Crippen molar-refractivity contribution in [3.63, 3.8) is 0 Å². The normalized spacial score (nSPS) is 24.2. The zero-order chi connectivity index (χ0) is 31.4. The minimum atomic E-state index is -0.974. The van der Waals surface area contributed by atoms with Crippen molar-refractivity contribution in [2.45, 2.75) is 90.1 Å². The predicted molar refractivity (Wildman–Crippen MR) is 163 cm³/mol. The van der Waals surface area contributed by atoms with E-state index in [0.29, 0.717) is 43.5 Å². The van der Waals surface area contributed by atoms with Gasteiger partial charge in [-0.2, -0.15) is 0 Å². The third-order valence-electron chi connectivity index (χ3n) is 8.82. The van der Waals surface area contributed by atoms with Crippen LogP contribution in [0.5, 0.6) is 11.5 Å². The Morgan fingerprint density at radius 1 is 1.16 bits per heavy atom. The van der Waals surface area contributed by atoms with Crippen molar-refractivity contribution in [1.82, 2.24) is 25.3 Å². The predicted octanol–water partition coefficient (Wildman–Crippen LogP) is 2.34. The summed E-state index contributed by atoms with van der Waals surface area (Å²) in [6.07, 6.45) is 5.14. The average Bonchev–Trinajstić information content (AvgIpc) is 3.60. The van der Waals surface area contributed by atoms with Crippen LogP contribution in [0.15, 0.2) is 24.4 Å². The molecule has 6 atom stereocenters. The molecule has 3 aliphatic heterocycles. The molecule has 3 N–H and O–H groups in total. The van der Waals surface area contributed by atoms with Crippen LogP contribution in [0, 0.1) is 11.8 Å². The first-order valence-electron chi connectivity index (χ1n) is 15.5. The summed E-state index contributed by atoms with van der Waals surface area (Å²) in [6.45, 7) is 8.70.